The number of aliphatic hydroxyl groups excluding tert-OH is 1. The molecule has 1 aliphatic rings. The number of benzene rings is 2. The van der Waals surface area contributed by atoms with Gasteiger partial charge in [0.15, 0.2) is 0 Å². The highest BCUT2D eigenvalue weighted by atomic mass is 32.2. The number of ether oxygens (including phenoxy) is 1. The molecule has 0 unspecified atom stereocenters. The number of fused-ring (bicyclic) bond motifs is 1. The zero-order valence-electron chi connectivity index (χ0n) is 20.5. The molecule has 0 bridgehead atoms. The molecule has 202 valence electrons. The molecule has 4 N–H and O–H groups in total. The molecule has 4 aromatic rings. The van der Waals surface area contributed by atoms with Crippen LogP contribution in [0.1, 0.15) is 29.6 Å². The van der Waals surface area contributed by atoms with Crippen LogP contribution >= 0.6 is 0 Å². The van der Waals surface area contributed by atoms with Crippen molar-refractivity contribution in [2.24, 2.45) is 5.92 Å². The van der Waals surface area contributed by atoms with E-state index < -0.39 is 31.4 Å². The lowest BCUT2D eigenvalue weighted by atomic mass is 10.1. The number of sulfonamides is 1. The molecule has 0 spiro atoms. The Morgan fingerprint density at radius 2 is 2.00 bits per heavy atom. The van der Waals surface area contributed by atoms with Crippen molar-refractivity contribution in [3.05, 3.63) is 82.7 Å². The van der Waals surface area contributed by atoms with Crippen LogP contribution in [0.3, 0.4) is 0 Å². The van der Waals surface area contributed by atoms with Crippen molar-refractivity contribution in [3.63, 3.8) is 0 Å². The summed E-state index contributed by atoms with van der Waals surface area (Å²) in [7, 11) is -4.47. The minimum Gasteiger partial charge on any atom is -0.455 e. The first-order chi connectivity index (χ1) is 18.7. The van der Waals surface area contributed by atoms with Crippen molar-refractivity contribution in [3.8, 4) is 11.5 Å². The van der Waals surface area contributed by atoms with E-state index in [1.807, 2.05) is 4.72 Å². The maximum Gasteiger partial charge on any atom is 0.293 e. The number of hydrogen-bond donors (Lipinski definition) is 4. The second kappa shape index (κ2) is 10.7. The van der Waals surface area contributed by atoms with Gasteiger partial charge in [-0.15, -0.1) is 0 Å². The van der Waals surface area contributed by atoms with E-state index in [0.29, 0.717) is 30.8 Å². The van der Waals surface area contributed by atoms with Crippen LogP contribution in [-0.4, -0.2) is 47.0 Å². The molecule has 2 atom stereocenters. The Bertz CT molecular complexity index is 1650. The molecule has 12 nitrogen and oxygen atoms in total. The summed E-state index contributed by atoms with van der Waals surface area (Å²) in [5.74, 6) is -0.364. The van der Waals surface area contributed by atoms with E-state index in [-0.39, 0.29) is 29.0 Å². The van der Waals surface area contributed by atoms with E-state index in [4.69, 9.17) is 4.74 Å². The van der Waals surface area contributed by atoms with Gasteiger partial charge in [-0.2, -0.15) is 0 Å². The number of carbonyl (C=O) groups is 1. The minimum atomic E-state index is -4.47. The number of aliphatic hydroxyl groups is 1. The van der Waals surface area contributed by atoms with E-state index >= 15 is 0 Å². The third kappa shape index (κ3) is 5.84. The molecule has 0 aliphatic heterocycles. The van der Waals surface area contributed by atoms with Gasteiger partial charge >= 0.3 is 0 Å². The average Bonchev–Trinajstić information content (AvgIpc) is 3.55. The predicted octanol–water partition coefficient (Wildman–Crippen LogP) is 3.96. The summed E-state index contributed by atoms with van der Waals surface area (Å²) in [6.45, 7) is 0.407. The number of rotatable bonds is 9. The third-order valence-electron chi connectivity index (χ3n) is 6.53. The minimum absolute atomic E-state index is 0.0539. The van der Waals surface area contributed by atoms with Crippen molar-refractivity contribution in [2.45, 2.75) is 30.3 Å². The Hall–Kier alpha value is -4.49. The molecule has 13 heteroatoms. The molecule has 1 amide bonds. The Morgan fingerprint density at radius 1 is 1.18 bits per heavy atom. The van der Waals surface area contributed by atoms with Gasteiger partial charge in [0, 0.05) is 24.2 Å². The lowest BCUT2D eigenvalue weighted by molar-refractivity contribution is -0.384. The standard InChI is InChI=1S/C26H25N5O7S/c32-18-6-5-16(11-18)14-28-22-8-7-20(13-23(22)31(34)35)39(36,37)30-26(33)21-3-1-2-4-24(21)38-19-12-17-9-10-27-25(17)29-15-19/h1-4,7-10,12-13,15-16,18,28,32H,5-6,11,14H2,(H,27,29)(H,30,33)/t16-,18-/m0/s1. The summed E-state index contributed by atoms with van der Waals surface area (Å²) in [5, 5.41) is 25.2. The molecule has 2 heterocycles. The second-order valence-corrected chi connectivity index (χ2v) is 11.0. The van der Waals surface area contributed by atoms with Gasteiger partial charge in [-0.25, -0.2) is 18.1 Å². The van der Waals surface area contributed by atoms with Crippen LogP contribution in [0.2, 0.25) is 0 Å². The van der Waals surface area contributed by atoms with Gasteiger partial charge < -0.3 is 20.1 Å². The van der Waals surface area contributed by atoms with E-state index in [9.17, 15) is 28.4 Å². The number of carbonyl (C=O) groups excluding carboxylic acids is 1. The monoisotopic (exact) mass is 551 g/mol. The molecule has 1 aliphatic carbocycles. The lowest BCUT2D eigenvalue weighted by Gasteiger charge is -2.14. The first-order valence-corrected chi connectivity index (χ1v) is 13.7. The lowest BCUT2D eigenvalue weighted by Crippen LogP contribution is -2.31. The van der Waals surface area contributed by atoms with Crippen LogP contribution in [0.25, 0.3) is 11.0 Å². The number of aromatic amines is 1. The third-order valence-corrected chi connectivity index (χ3v) is 7.86. The summed E-state index contributed by atoms with van der Waals surface area (Å²) in [6.07, 6.45) is 4.89. The maximum atomic E-state index is 13.0. The van der Waals surface area contributed by atoms with Crippen molar-refractivity contribution in [1.29, 1.82) is 0 Å². The smallest absolute Gasteiger partial charge is 0.293 e. The fraction of sp³-hybridized carbons (Fsp3) is 0.231. The van der Waals surface area contributed by atoms with Crippen molar-refractivity contribution >= 4 is 38.3 Å². The zero-order valence-corrected chi connectivity index (χ0v) is 21.3. The number of amides is 1. The average molecular weight is 552 g/mol. The van der Waals surface area contributed by atoms with Crippen molar-refractivity contribution < 1.29 is 28.0 Å². The van der Waals surface area contributed by atoms with Gasteiger partial charge in [-0.3, -0.25) is 14.9 Å². The molecule has 0 radical (unpaired) electrons. The number of pyridine rings is 1. The number of hydrogen-bond acceptors (Lipinski definition) is 9. The van der Waals surface area contributed by atoms with E-state index in [1.54, 1.807) is 30.5 Å². The molecule has 2 aromatic heterocycles. The zero-order chi connectivity index (χ0) is 27.6. The topological polar surface area (TPSA) is 177 Å². The molecule has 1 fully saturated rings. The van der Waals surface area contributed by atoms with Crippen LogP contribution < -0.4 is 14.8 Å². The number of H-pyrrole nitrogens is 1. The molecule has 1 saturated carbocycles. The quantitative estimate of drug-likeness (QED) is 0.177. The fourth-order valence-corrected chi connectivity index (χ4v) is 5.53. The van der Waals surface area contributed by atoms with Crippen LogP contribution in [0.15, 0.2) is 71.9 Å². The highest BCUT2D eigenvalue weighted by Gasteiger charge is 2.27. The summed E-state index contributed by atoms with van der Waals surface area (Å²) in [4.78, 5) is 30.8. The summed E-state index contributed by atoms with van der Waals surface area (Å²) < 4.78 is 33.9. The van der Waals surface area contributed by atoms with Crippen molar-refractivity contribution in [2.75, 3.05) is 11.9 Å². The Kier molecular flexibility index (Phi) is 7.17. The van der Waals surface area contributed by atoms with Gasteiger partial charge in [0.05, 0.1) is 27.7 Å². The van der Waals surface area contributed by atoms with Crippen LogP contribution in [0.4, 0.5) is 11.4 Å². The molecular formula is C26H25N5O7S. The number of nitro benzene ring substituents is 1. The Labute approximate surface area is 223 Å². The predicted molar refractivity (Wildman–Crippen MR) is 142 cm³/mol. The van der Waals surface area contributed by atoms with Crippen molar-refractivity contribution in [1.82, 2.24) is 14.7 Å². The largest absolute Gasteiger partial charge is 0.455 e. The number of para-hydroxylation sites is 1. The highest BCUT2D eigenvalue weighted by molar-refractivity contribution is 7.90. The van der Waals surface area contributed by atoms with Gasteiger partial charge in [0.1, 0.15) is 22.8 Å². The highest BCUT2D eigenvalue weighted by Crippen LogP contribution is 2.31. The van der Waals surface area contributed by atoms with E-state index in [0.717, 1.165) is 17.9 Å². The summed E-state index contributed by atoms with van der Waals surface area (Å²) in [6, 6.07) is 13.0. The number of nitrogens with zero attached hydrogens (tertiary/aromatic N) is 2. The number of aromatic nitrogens is 2. The first-order valence-electron chi connectivity index (χ1n) is 12.2. The first kappa shape index (κ1) is 26.1. The van der Waals surface area contributed by atoms with Gasteiger partial charge in [-0.1, -0.05) is 12.1 Å². The van der Waals surface area contributed by atoms with Gasteiger partial charge in [-0.05, 0) is 61.6 Å². The maximum absolute atomic E-state index is 13.0. The SMILES string of the molecule is O=C(NS(=O)(=O)c1ccc(NC[C@H]2CC[C@H](O)C2)c([N+](=O)[O-])c1)c1ccccc1Oc1cnc2[nH]ccc2c1. The molecule has 39 heavy (non-hydrogen) atoms. The second-order valence-electron chi connectivity index (χ2n) is 9.27. The summed E-state index contributed by atoms with van der Waals surface area (Å²) in [5.41, 5.74) is 0.313. The number of nitro groups is 1. The molecular weight excluding hydrogens is 526 g/mol. The van der Waals surface area contributed by atoms with Gasteiger partial charge in [0.25, 0.3) is 21.6 Å². The van der Waals surface area contributed by atoms with Crippen LogP contribution in [0, 0.1) is 16.0 Å². The molecule has 5 rings (SSSR count). The Balaban J connectivity index is 1.33. The fourth-order valence-electron chi connectivity index (χ4n) is 4.55. The van der Waals surface area contributed by atoms with E-state index in [2.05, 4.69) is 15.3 Å². The van der Waals surface area contributed by atoms with Crippen LogP contribution in [-0.2, 0) is 10.0 Å². The van der Waals surface area contributed by atoms with E-state index in [1.165, 1.54) is 30.5 Å². The number of anilines is 1. The molecule has 0 saturated heterocycles. The normalized spacial score (nSPS) is 17.2. The molecule has 2 aromatic carbocycles. The van der Waals surface area contributed by atoms with Crippen LogP contribution in [0.5, 0.6) is 11.5 Å². The summed E-state index contributed by atoms with van der Waals surface area (Å²) >= 11 is 0. The Morgan fingerprint density at radius 3 is 2.77 bits per heavy atom. The van der Waals surface area contributed by atoms with Gasteiger partial charge in [0.2, 0.25) is 0 Å². The number of nitrogens with one attached hydrogen (secondary N) is 3.